The zero-order valence-electron chi connectivity index (χ0n) is 22.9. The maximum Gasteiger partial charge on any atom is 0.149 e. The van der Waals surface area contributed by atoms with E-state index in [1.54, 1.807) is 0 Å². The smallest absolute Gasteiger partial charge is 0.149 e. The lowest BCUT2D eigenvalue weighted by molar-refractivity contribution is -0.190. The summed E-state index contributed by atoms with van der Waals surface area (Å²) in [4.78, 5) is 25.7. The van der Waals surface area contributed by atoms with Gasteiger partial charge in [-0.1, -0.05) is 34.6 Å². The maximum absolute atomic E-state index is 13.4. The predicted molar refractivity (Wildman–Crippen MR) is 133 cm³/mol. The van der Waals surface area contributed by atoms with Gasteiger partial charge in [0.1, 0.15) is 12.1 Å². The van der Waals surface area contributed by atoms with Crippen molar-refractivity contribution in [2.75, 3.05) is 0 Å². The first-order valence-corrected chi connectivity index (χ1v) is 14.0. The van der Waals surface area contributed by atoms with Crippen molar-refractivity contribution in [1.82, 2.24) is 0 Å². The first-order valence-electron chi connectivity index (χ1n) is 14.0. The Hall–Kier alpha value is -0.740. The van der Waals surface area contributed by atoms with Crippen LogP contribution in [-0.2, 0) is 14.3 Å². The third-order valence-corrected chi connectivity index (χ3v) is 13.1. The van der Waals surface area contributed by atoms with Crippen LogP contribution in [0, 0.1) is 51.2 Å². The normalized spacial score (nSPS) is 54.4. The van der Waals surface area contributed by atoms with E-state index in [9.17, 15) is 14.7 Å². The van der Waals surface area contributed by atoms with E-state index in [2.05, 4.69) is 41.5 Å². The second-order valence-electron chi connectivity index (χ2n) is 15.0. The molecule has 192 valence electrons. The molecule has 0 amide bonds. The maximum atomic E-state index is 13.4. The fourth-order valence-corrected chi connectivity index (χ4v) is 11.0. The van der Waals surface area contributed by atoms with Gasteiger partial charge in [0, 0.05) is 5.41 Å². The summed E-state index contributed by atoms with van der Waals surface area (Å²) in [5.41, 5.74) is -1.25. The number of hydrogen-bond acceptors (Lipinski definition) is 4. The summed E-state index contributed by atoms with van der Waals surface area (Å²) in [6.45, 7) is 17.6. The van der Waals surface area contributed by atoms with Gasteiger partial charge in [0.15, 0.2) is 0 Å². The third kappa shape index (κ3) is 2.85. The van der Waals surface area contributed by atoms with Crippen LogP contribution in [0.5, 0.6) is 0 Å². The lowest BCUT2D eigenvalue weighted by Gasteiger charge is -2.64. The molecule has 0 radical (unpaired) electrons. The van der Waals surface area contributed by atoms with Crippen LogP contribution in [-0.4, -0.2) is 34.5 Å². The highest BCUT2D eigenvalue weighted by Gasteiger charge is 2.73. The van der Waals surface area contributed by atoms with E-state index in [0.29, 0.717) is 23.7 Å². The zero-order chi connectivity index (χ0) is 25.1. The molecule has 1 heterocycles. The molecule has 4 aliphatic carbocycles. The van der Waals surface area contributed by atoms with Crippen LogP contribution in [0.4, 0.5) is 0 Å². The molecular weight excluding hydrogens is 424 g/mol. The number of ether oxygens (including phenoxy) is 1. The summed E-state index contributed by atoms with van der Waals surface area (Å²) in [6, 6.07) is 0. The minimum absolute atomic E-state index is 0.0984. The highest BCUT2D eigenvalue weighted by Crippen LogP contribution is 2.76. The van der Waals surface area contributed by atoms with E-state index < -0.39 is 16.9 Å². The lowest BCUT2D eigenvalue weighted by Crippen LogP contribution is -2.59. The summed E-state index contributed by atoms with van der Waals surface area (Å²) in [5, 5.41) is 10.6. The van der Waals surface area contributed by atoms with Crippen LogP contribution in [0.15, 0.2) is 0 Å². The Morgan fingerprint density at radius 3 is 2.09 bits per heavy atom. The average molecular weight is 473 g/mol. The minimum Gasteiger partial charge on any atom is -0.388 e. The number of Topliss-reactive ketones (excluding diaryl/α,β-unsaturated/α-hetero) is 1. The van der Waals surface area contributed by atoms with Crippen molar-refractivity contribution in [2.45, 2.75) is 124 Å². The summed E-state index contributed by atoms with van der Waals surface area (Å²) in [5.74, 6) is 1.50. The van der Waals surface area contributed by atoms with Crippen LogP contribution in [0.2, 0.25) is 0 Å². The molecule has 10 atom stereocenters. The summed E-state index contributed by atoms with van der Waals surface area (Å²) in [6.07, 6.45) is 9.71. The van der Waals surface area contributed by atoms with E-state index in [1.807, 2.05) is 13.8 Å². The molecule has 5 rings (SSSR count). The molecule has 0 spiro atoms. The van der Waals surface area contributed by atoms with Gasteiger partial charge in [-0.2, -0.15) is 0 Å². The van der Waals surface area contributed by atoms with Crippen LogP contribution < -0.4 is 0 Å². The molecule has 34 heavy (non-hydrogen) atoms. The Morgan fingerprint density at radius 1 is 0.853 bits per heavy atom. The average Bonchev–Trinajstić information content (AvgIpc) is 3.31. The standard InChI is InChI=1S/C30H48O4/c1-25(2)21-10-9-18-19(30(21,8)20(17-31)24(25)32)11-14-28(6)22(12-15-27(18,28)5)29(7)16-13-23(34-29)26(3,4)33/h17-23,33H,9-16H2,1-8H3/t18-,19+,20-,21+,22+,23-,27+,28-,29+,30+/m1/s1. The first-order chi connectivity index (χ1) is 15.6. The Morgan fingerprint density at radius 2 is 1.50 bits per heavy atom. The molecule has 0 unspecified atom stereocenters. The second-order valence-corrected chi connectivity index (χ2v) is 15.0. The van der Waals surface area contributed by atoms with Crippen molar-refractivity contribution in [3.63, 3.8) is 0 Å². The molecule has 5 fully saturated rings. The Kier molecular flexibility index (Phi) is 5.27. The molecule has 0 aromatic heterocycles. The monoisotopic (exact) mass is 472 g/mol. The van der Waals surface area contributed by atoms with Crippen LogP contribution in [0.25, 0.3) is 0 Å². The largest absolute Gasteiger partial charge is 0.388 e. The summed E-state index contributed by atoms with van der Waals surface area (Å²) in [7, 11) is 0. The van der Waals surface area contributed by atoms with Gasteiger partial charge in [-0.05, 0) is 112 Å². The van der Waals surface area contributed by atoms with Crippen LogP contribution in [0.3, 0.4) is 0 Å². The third-order valence-electron chi connectivity index (χ3n) is 13.1. The van der Waals surface area contributed by atoms with Crippen molar-refractivity contribution < 1.29 is 19.4 Å². The lowest BCUT2D eigenvalue weighted by atomic mass is 9.40. The number of hydrogen-bond donors (Lipinski definition) is 1. The molecular formula is C30H48O4. The van der Waals surface area contributed by atoms with Gasteiger partial charge in [0.05, 0.1) is 23.2 Å². The number of rotatable bonds is 3. The second kappa shape index (κ2) is 7.18. The van der Waals surface area contributed by atoms with Crippen LogP contribution >= 0.6 is 0 Å². The number of aldehydes is 1. The predicted octanol–water partition coefficient (Wildman–Crippen LogP) is 5.98. The van der Waals surface area contributed by atoms with E-state index in [1.165, 1.54) is 19.3 Å². The molecule has 1 aliphatic heterocycles. The minimum atomic E-state index is -0.809. The zero-order valence-corrected chi connectivity index (χ0v) is 22.9. The molecule has 1 saturated heterocycles. The van der Waals surface area contributed by atoms with Gasteiger partial charge in [0.25, 0.3) is 0 Å². The van der Waals surface area contributed by atoms with Crippen molar-refractivity contribution in [3.05, 3.63) is 0 Å². The molecule has 1 N–H and O–H groups in total. The Balaban J connectivity index is 1.48. The highest BCUT2D eigenvalue weighted by molar-refractivity contribution is 6.00. The van der Waals surface area contributed by atoms with Crippen molar-refractivity contribution >= 4 is 12.1 Å². The number of aliphatic hydroxyl groups is 1. The number of carbonyl (C=O) groups excluding carboxylic acids is 2. The first kappa shape index (κ1) is 24.9. The fourth-order valence-electron chi connectivity index (χ4n) is 11.0. The van der Waals surface area contributed by atoms with Gasteiger partial charge in [-0.3, -0.25) is 4.79 Å². The molecule has 0 aromatic carbocycles. The van der Waals surface area contributed by atoms with Crippen LogP contribution in [0.1, 0.15) is 107 Å². The molecule has 4 saturated carbocycles. The van der Waals surface area contributed by atoms with Gasteiger partial charge in [0.2, 0.25) is 0 Å². The Labute approximate surface area is 207 Å². The Bertz CT molecular complexity index is 887. The van der Waals surface area contributed by atoms with E-state index in [0.717, 1.165) is 38.4 Å². The number of fused-ring (bicyclic) bond motifs is 5. The molecule has 4 nitrogen and oxygen atoms in total. The van der Waals surface area contributed by atoms with Crippen molar-refractivity contribution in [3.8, 4) is 0 Å². The highest BCUT2D eigenvalue weighted by atomic mass is 16.5. The topological polar surface area (TPSA) is 63.6 Å². The number of carbonyl (C=O) groups is 2. The van der Waals surface area contributed by atoms with Gasteiger partial charge >= 0.3 is 0 Å². The molecule has 0 bridgehead atoms. The van der Waals surface area contributed by atoms with Crippen molar-refractivity contribution in [2.24, 2.45) is 51.2 Å². The quantitative estimate of drug-likeness (QED) is 0.405. The van der Waals surface area contributed by atoms with E-state index in [-0.39, 0.29) is 33.7 Å². The van der Waals surface area contributed by atoms with Gasteiger partial charge in [-0.15, -0.1) is 0 Å². The van der Waals surface area contributed by atoms with Gasteiger partial charge in [-0.25, -0.2) is 0 Å². The molecule has 4 heteroatoms. The van der Waals surface area contributed by atoms with Gasteiger partial charge < -0.3 is 14.6 Å². The summed E-state index contributed by atoms with van der Waals surface area (Å²) < 4.78 is 6.72. The molecule has 5 aliphatic rings. The SMILES string of the molecule is CC(C)(O)[C@H]1CC[C@@](C)([C@H]2CC[C@@]3(C)[C@@H]4CC[C@H]5C(C)(C)C(=O)[C@@H](C=O)[C@]5(C)[C@H]4CC[C@]23C)O1. The van der Waals surface area contributed by atoms with E-state index in [4.69, 9.17) is 4.74 Å². The fraction of sp³-hybridized carbons (Fsp3) is 0.933. The van der Waals surface area contributed by atoms with E-state index >= 15 is 0 Å². The number of ketones is 1. The summed E-state index contributed by atoms with van der Waals surface area (Å²) >= 11 is 0. The molecule has 0 aromatic rings. The van der Waals surface area contributed by atoms with Crippen molar-refractivity contribution in [1.29, 1.82) is 0 Å².